The van der Waals surface area contributed by atoms with Gasteiger partial charge in [-0.05, 0) is 119 Å². The average Bonchev–Trinajstić information content (AvgIpc) is 3.38. The molecule has 164 valence electrons. The fourth-order valence-electron chi connectivity index (χ4n) is 5.37. The summed E-state index contributed by atoms with van der Waals surface area (Å²) in [6.45, 7) is 17.7. The van der Waals surface area contributed by atoms with Gasteiger partial charge in [-0.2, -0.15) is 0 Å². The molecule has 0 aromatic heterocycles. The molecule has 0 amide bonds. The number of fused-ring (bicyclic) bond motifs is 1. The molecule has 0 aliphatic heterocycles. The van der Waals surface area contributed by atoms with Crippen molar-refractivity contribution in [3.05, 3.63) is 111 Å². The summed E-state index contributed by atoms with van der Waals surface area (Å²) in [5.74, 6) is 0. The Hall–Kier alpha value is -2.86. The standard InChI is InChI=1S/C32H36/c1-7-11-25-17-27-18-29(19-28(27)20-31(25)21(3)8-2)30-15-10-14-26(30)16-24(6)32-22(4)12-9-13-23(32)5/h9,12-15,17,19-20H,3,6-8,10-11,16,18H2,1-2,4-5H3. The maximum absolute atomic E-state index is 4.49. The molecule has 0 radical (unpaired) electrons. The molecule has 0 spiro atoms. The molecular formula is C32H36. The van der Waals surface area contributed by atoms with Crippen LogP contribution in [0, 0.1) is 13.8 Å². The molecular weight excluding hydrogens is 384 g/mol. The smallest absolute Gasteiger partial charge is 0.00136 e. The van der Waals surface area contributed by atoms with Gasteiger partial charge >= 0.3 is 0 Å². The van der Waals surface area contributed by atoms with Gasteiger partial charge in [0.15, 0.2) is 0 Å². The van der Waals surface area contributed by atoms with E-state index in [1.165, 1.54) is 73.2 Å². The molecule has 0 atom stereocenters. The third kappa shape index (κ3) is 4.24. The van der Waals surface area contributed by atoms with Crippen molar-refractivity contribution in [3.8, 4) is 0 Å². The molecule has 0 saturated heterocycles. The van der Waals surface area contributed by atoms with Crippen LogP contribution in [0.1, 0.15) is 78.5 Å². The molecule has 0 heteroatoms. The highest BCUT2D eigenvalue weighted by Crippen LogP contribution is 2.40. The Balaban J connectivity index is 1.59. The number of aryl methyl sites for hydroxylation is 3. The van der Waals surface area contributed by atoms with E-state index in [9.17, 15) is 0 Å². The minimum Gasteiger partial charge on any atom is -0.0952 e. The minimum atomic E-state index is 0.921. The lowest BCUT2D eigenvalue weighted by Gasteiger charge is -2.16. The molecule has 0 saturated carbocycles. The van der Waals surface area contributed by atoms with Crippen LogP contribution in [-0.2, 0) is 12.8 Å². The monoisotopic (exact) mass is 420 g/mol. The van der Waals surface area contributed by atoms with Crippen molar-refractivity contribution < 1.29 is 0 Å². The quantitative estimate of drug-likeness (QED) is 0.400. The summed E-state index contributed by atoms with van der Waals surface area (Å²) in [6.07, 6.45) is 13.5. The molecule has 4 rings (SSSR count). The SMILES string of the molecule is C=C(CC)c1cc2c(cc1CCC)CC(C1=CCC=C1CC(=C)c1c(C)cccc1C)=C2. The lowest BCUT2D eigenvalue weighted by atomic mass is 9.88. The van der Waals surface area contributed by atoms with Crippen LogP contribution in [-0.4, -0.2) is 0 Å². The molecule has 0 bridgehead atoms. The van der Waals surface area contributed by atoms with Crippen LogP contribution in [0.25, 0.3) is 17.2 Å². The van der Waals surface area contributed by atoms with Gasteiger partial charge in [0.2, 0.25) is 0 Å². The summed E-state index contributed by atoms with van der Waals surface area (Å²) in [4.78, 5) is 0. The second-order valence-corrected chi connectivity index (χ2v) is 9.39. The number of allylic oxidation sites excluding steroid dienone is 7. The number of hydrogen-bond donors (Lipinski definition) is 0. The van der Waals surface area contributed by atoms with Gasteiger partial charge in [-0.3, -0.25) is 0 Å². The van der Waals surface area contributed by atoms with E-state index >= 15 is 0 Å². The van der Waals surface area contributed by atoms with Gasteiger partial charge in [0.05, 0.1) is 0 Å². The summed E-state index contributed by atoms with van der Waals surface area (Å²) >= 11 is 0. The molecule has 2 aromatic rings. The Morgan fingerprint density at radius 2 is 1.72 bits per heavy atom. The first-order chi connectivity index (χ1) is 15.4. The van der Waals surface area contributed by atoms with Crippen LogP contribution < -0.4 is 0 Å². The molecule has 0 heterocycles. The van der Waals surface area contributed by atoms with E-state index in [1.807, 2.05) is 0 Å². The summed E-state index contributed by atoms with van der Waals surface area (Å²) in [7, 11) is 0. The zero-order valence-electron chi connectivity index (χ0n) is 20.3. The largest absolute Gasteiger partial charge is 0.0952 e. The first-order valence-electron chi connectivity index (χ1n) is 12.1. The van der Waals surface area contributed by atoms with Crippen LogP contribution in [0.2, 0.25) is 0 Å². The van der Waals surface area contributed by atoms with Gasteiger partial charge in [-0.15, -0.1) is 0 Å². The number of rotatable bonds is 8. The van der Waals surface area contributed by atoms with Gasteiger partial charge in [0.1, 0.15) is 0 Å². The van der Waals surface area contributed by atoms with E-state index in [1.54, 1.807) is 0 Å². The van der Waals surface area contributed by atoms with Crippen molar-refractivity contribution in [2.75, 3.05) is 0 Å². The molecule has 32 heavy (non-hydrogen) atoms. The lowest BCUT2D eigenvalue weighted by molar-refractivity contribution is 0.913. The van der Waals surface area contributed by atoms with Crippen LogP contribution >= 0.6 is 0 Å². The van der Waals surface area contributed by atoms with E-state index in [2.05, 4.69) is 89.4 Å². The fourth-order valence-corrected chi connectivity index (χ4v) is 5.37. The van der Waals surface area contributed by atoms with Gasteiger partial charge < -0.3 is 0 Å². The first kappa shape index (κ1) is 22.3. The fraction of sp³-hybridized carbons (Fsp3) is 0.312. The maximum atomic E-state index is 4.49. The second kappa shape index (κ2) is 9.33. The topological polar surface area (TPSA) is 0 Å². The lowest BCUT2D eigenvalue weighted by Crippen LogP contribution is -1.98. The summed E-state index contributed by atoms with van der Waals surface area (Å²) in [6, 6.07) is 11.4. The second-order valence-electron chi connectivity index (χ2n) is 9.39. The van der Waals surface area contributed by atoms with Crippen molar-refractivity contribution >= 4 is 17.2 Å². The number of hydrogen-bond acceptors (Lipinski definition) is 0. The van der Waals surface area contributed by atoms with Crippen LogP contribution in [0.3, 0.4) is 0 Å². The summed E-state index contributed by atoms with van der Waals surface area (Å²) in [5.41, 5.74) is 16.4. The number of benzene rings is 2. The van der Waals surface area contributed by atoms with Gasteiger partial charge in [-0.1, -0.05) is 75.9 Å². The summed E-state index contributed by atoms with van der Waals surface area (Å²) < 4.78 is 0. The molecule has 0 nitrogen and oxygen atoms in total. The van der Waals surface area contributed by atoms with Crippen LogP contribution in [0.5, 0.6) is 0 Å². The predicted octanol–water partition coefficient (Wildman–Crippen LogP) is 8.98. The van der Waals surface area contributed by atoms with Gasteiger partial charge in [0.25, 0.3) is 0 Å². The normalized spacial score (nSPS) is 14.7. The Morgan fingerprint density at radius 1 is 0.969 bits per heavy atom. The van der Waals surface area contributed by atoms with Gasteiger partial charge in [0, 0.05) is 0 Å². The molecule has 0 N–H and O–H groups in total. The van der Waals surface area contributed by atoms with Crippen molar-refractivity contribution in [2.45, 2.75) is 66.2 Å². The minimum absolute atomic E-state index is 0.921. The van der Waals surface area contributed by atoms with Crippen molar-refractivity contribution in [1.82, 2.24) is 0 Å². The first-order valence-corrected chi connectivity index (χ1v) is 12.1. The van der Waals surface area contributed by atoms with Crippen molar-refractivity contribution in [3.63, 3.8) is 0 Å². The molecule has 0 unspecified atom stereocenters. The molecule has 2 aliphatic rings. The zero-order chi connectivity index (χ0) is 22.8. The Bertz CT molecular complexity index is 1160. The van der Waals surface area contributed by atoms with E-state index in [0.717, 1.165) is 32.1 Å². The van der Waals surface area contributed by atoms with E-state index < -0.39 is 0 Å². The Morgan fingerprint density at radius 3 is 2.41 bits per heavy atom. The predicted molar refractivity (Wildman–Crippen MR) is 142 cm³/mol. The van der Waals surface area contributed by atoms with Crippen molar-refractivity contribution in [2.24, 2.45) is 0 Å². The molecule has 2 aromatic carbocycles. The van der Waals surface area contributed by atoms with Crippen molar-refractivity contribution in [1.29, 1.82) is 0 Å². The average molecular weight is 421 g/mol. The maximum Gasteiger partial charge on any atom is -0.00136 e. The van der Waals surface area contributed by atoms with Gasteiger partial charge in [-0.25, -0.2) is 0 Å². The van der Waals surface area contributed by atoms with E-state index in [-0.39, 0.29) is 0 Å². The highest BCUT2D eigenvalue weighted by Gasteiger charge is 2.23. The van der Waals surface area contributed by atoms with Crippen LogP contribution in [0.4, 0.5) is 0 Å². The molecule has 2 aliphatic carbocycles. The highest BCUT2D eigenvalue weighted by atomic mass is 14.3. The third-order valence-electron chi connectivity index (χ3n) is 7.02. The Labute approximate surface area is 194 Å². The van der Waals surface area contributed by atoms with Crippen LogP contribution in [0.15, 0.2) is 72.4 Å². The molecule has 0 fully saturated rings. The summed E-state index contributed by atoms with van der Waals surface area (Å²) in [5, 5.41) is 0. The Kier molecular flexibility index (Phi) is 6.51. The third-order valence-corrected chi connectivity index (χ3v) is 7.02. The van der Waals surface area contributed by atoms with E-state index in [0.29, 0.717) is 0 Å². The zero-order valence-corrected chi connectivity index (χ0v) is 20.3. The van der Waals surface area contributed by atoms with E-state index in [4.69, 9.17) is 0 Å². The highest BCUT2D eigenvalue weighted by molar-refractivity contribution is 5.79.